The molecule has 2 nitrogen and oxygen atoms in total. The molecule has 1 aliphatic carbocycles. The van der Waals surface area contributed by atoms with Crippen molar-refractivity contribution in [2.24, 2.45) is 5.41 Å². The topological polar surface area (TPSA) is 37.3 Å². The number of hydrogen-bond acceptors (Lipinski definition) is 2. The molecule has 88 valence electrons. The Kier molecular flexibility index (Phi) is 2.42. The lowest BCUT2D eigenvalue weighted by molar-refractivity contribution is 0.0695. The predicted octanol–water partition coefficient (Wildman–Crippen LogP) is 3.70. The molecule has 1 N–H and O–H groups in total. The van der Waals surface area contributed by atoms with E-state index in [1.807, 2.05) is 0 Å². The van der Waals surface area contributed by atoms with Crippen molar-refractivity contribution in [1.82, 2.24) is 0 Å². The molecule has 0 saturated heterocycles. The van der Waals surface area contributed by atoms with Gasteiger partial charge in [-0.15, -0.1) is 11.3 Å². The fourth-order valence-corrected chi connectivity index (χ4v) is 4.32. The Balaban J connectivity index is 2.58. The van der Waals surface area contributed by atoms with Gasteiger partial charge in [-0.2, -0.15) is 0 Å². The summed E-state index contributed by atoms with van der Waals surface area (Å²) in [5, 5.41) is 11.0. The molecule has 0 spiro atoms. The number of hydrogen-bond donors (Lipinski definition) is 1. The zero-order valence-corrected chi connectivity index (χ0v) is 11.1. The highest BCUT2D eigenvalue weighted by molar-refractivity contribution is 7.10. The maximum atomic E-state index is 11.2. The molecule has 0 unspecified atom stereocenters. The van der Waals surface area contributed by atoms with Crippen LogP contribution in [0.15, 0.2) is 5.38 Å². The van der Waals surface area contributed by atoms with Crippen molar-refractivity contribution in [2.75, 3.05) is 0 Å². The lowest BCUT2D eigenvalue weighted by atomic mass is 9.65. The summed E-state index contributed by atoms with van der Waals surface area (Å²) in [4.78, 5) is 12.4. The number of thiophene rings is 1. The van der Waals surface area contributed by atoms with E-state index in [0.717, 1.165) is 18.4 Å². The standard InChI is InChI=1S/C13H18O2S/c1-12(2)5-8-9(11(14)15)6-16-10(8)13(3,4)7-12/h6H,5,7H2,1-4H3,(H,14,15). The van der Waals surface area contributed by atoms with Gasteiger partial charge < -0.3 is 5.11 Å². The van der Waals surface area contributed by atoms with E-state index >= 15 is 0 Å². The van der Waals surface area contributed by atoms with E-state index < -0.39 is 5.97 Å². The normalized spacial score (nSPS) is 21.5. The van der Waals surface area contributed by atoms with E-state index in [-0.39, 0.29) is 10.8 Å². The Morgan fingerprint density at radius 1 is 1.38 bits per heavy atom. The maximum Gasteiger partial charge on any atom is 0.336 e. The molecule has 0 aromatic carbocycles. The zero-order valence-electron chi connectivity index (χ0n) is 10.3. The van der Waals surface area contributed by atoms with Gasteiger partial charge in [0.15, 0.2) is 0 Å². The average molecular weight is 238 g/mol. The van der Waals surface area contributed by atoms with Crippen molar-refractivity contribution in [3.63, 3.8) is 0 Å². The second-order valence-electron chi connectivity index (χ2n) is 6.16. The molecule has 0 fully saturated rings. The Bertz CT molecular complexity index is 441. The van der Waals surface area contributed by atoms with Crippen LogP contribution in [-0.4, -0.2) is 11.1 Å². The molecule has 2 rings (SSSR count). The number of carbonyl (C=O) groups is 1. The summed E-state index contributed by atoms with van der Waals surface area (Å²) >= 11 is 1.61. The number of carboxylic acid groups (broad SMARTS) is 1. The van der Waals surface area contributed by atoms with Crippen molar-refractivity contribution in [3.8, 4) is 0 Å². The smallest absolute Gasteiger partial charge is 0.336 e. The van der Waals surface area contributed by atoms with E-state index in [2.05, 4.69) is 27.7 Å². The van der Waals surface area contributed by atoms with Crippen LogP contribution in [0, 0.1) is 5.41 Å². The highest BCUT2D eigenvalue weighted by Gasteiger charge is 2.40. The highest BCUT2D eigenvalue weighted by atomic mass is 32.1. The molecule has 16 heavy (non-hydrogen) atoms. The molecule has 0 atom stereocenters. The first kappa shape index (κ1) is 11.6. The van der Waals surface area contributed by atoms with E-state index in [9.17, 15) is 9.90 Å². The van der Waals surface area contributed by atoms with Crippen LogP contribution in [0.4, 0.5) is 0 Å². The third kappa shape index (κ3) is 1.77. The SMILES string of the molecule is CC1(C)Cc2c(C(=O)O)csc2C(C)(C)C1. The van der Waals surface area contributed by atoms with Gasteiger partial charge in [0.2, 0.25) is 0 Å². The molecule has 0 saturated carbocycles. The molecule has 1 heterocycles. The molecule has 0 bridgehead atoms. The molecule has 0 radical (unpaired) electrons. The van der Waals surface area contributed by atoms with Gasteiger partial charge in [0.05, 0.1) is 5.56 Å². The Morgan fingerprint density at radius 3 is 2.56 bits per heavy atom. The van der Waals surface area contributed by atoms with Crippen molar-refractivity contribution in [1.29, 1.82) is 0 Å². The molecule has 1 aromatic heterocycles. The summed E-state index contributed by atoms with van der Waals surface area (Å²) in [6.07, 6.45) is 2.00. The first-order chi connectivity index (χ1) is 7.23. The predicted molar refractivity (Wildman–Crippen MR) is 66.4 cm³/mol. The van der Waals surface area contributed by atoms with Gasteiger partial charge in [-0.25, -0.2) is 4.79 Å². The van der Waals surface area contributed by atoms with Crippen LogP contribution in [0.2, 0.25) is 0 Å². The van der Waals surface area contributed by atoms with Gasteiger partial charge in [-0.05, 0) is 29.2 Å². The fourth-order valence-electron chi connectivity index (χ4n) is 3.12. The molecule has 0 aliphatic heterocycles. The van der Waals surface area contributed by atoms with E-state index in [1.54, 1.807) is 16.7 Å². The fraction of sp³-hybridized carbons (Fsp3) is 0.615. The second kappa shape index (κ2) is 3.33. The maximum absolute atomic E-state index is 11.2. The summed E-state index contributed by atoms with van der Waals surface area (Å²) < 4.78 is 0. The Morgan fingerprint density at radius 2 is 2.00 bits per heavy atom. The van der Waals surface area contributed by atoms with Crippen LogP contribution < -0.4 is 0 Å². The average Bonchev–Trinajstić information content (AvgIpc) is 2.43. The first-order valence-corrected chi connectivity index (χ1v) is 6.45. The van der Waals surface area contributed by atoms with Crippen LogP contribution in [0.5, 0.6) is 0 Å². The van der Waals surface area contributed by atoms with Crippen LogP contribution in [-0.2, 0) is 11.8 Å². The van der Waals surface area contributed by atoms with Crippen molar-refractivity contribution >= 4 is 17.3 Å². The Labute approximate surface area is 100 Å². The third-order valence-electron chi connectivity index (χ3n) is 3.31. The second-order valence-corrected chi connectivity index (χ2v) is 7.04. The third-order valence-corrected chi connectivity index (χ3v) is 4.70. The number of rotatable bonds is 1. The first-order valence-electron chi connectivity index (χ1n) is 5.57. The van der Waals surface area contributed by atoms with Crippen molar-refractivity contribution in [2.45, 2.75) is 46.0 Å². The lowest BCUT2D eigenvalue weighted by Gasteiger charge is -2.40. The molecule has 1 aliphatic rings. The van der Waals surface area contributed by atoms with Crippen molar-refractivity contribution in [3.05, 3.63) is 21.4 Å². The van der Waals surface area contributed by atoms with E-state index in [0.29, 0.717) is 5.56 Å². The zero-order chi connectivity index (χ0) is 12.1. The highest BCUT2D eigenvalue weighted by Crippen LogP contribution is 2.48. The summed E-state index contributed by atoms with van der Waals surface area (Å²) in [7, 11) is 0. The van der Waals surface area contributed by atoms with E-state index in [4.69, 9.17) is 0 Å². The lowest BCUT2D eigenvalue weighted by Crippen LogP contribution is -2.34. The number of fused-ring (bicyclic) bond motifs is 1. The molecular formula is C13H18O2S. The minimum atomic E-state index is -0.786. The van der Waals surface area contributed by atoms with Gasteiger partial charge in [0, 0.05) is 10.3 Å². The van der Waals surface area contributed by atoms with Crippen LogP contribution >= 0.6 is 11.3 Å². The summed E-state index contributed by atoms with van der Waals surface area (Å²) in [5.74, 6) is -0.786. The van der Waals surface area contributed by atoms with Crippen molar-refractivity contribution < 1.29 is 9.90 Å². The summed E-state index contributed by atoms with van der Waals surface area (Å²) in [5.41, 5.74) is 1.89. The monoisotopic (exact) mass is 238 g/mol. The quantitative estimate of drug-likeness (QED) is 0.810. The van der Waals surface area contributed by atoms with Crippen LogP contribution in [0.1, 0.15) is 54.9 Å². The molecule has 0 amide bonds. The Hall–Kier alpha value is -0.830. The molecular weight excluding hydrogens is 220 g/mol. The van der Waals surface area contributed by atoms with Gasteiger partial charge in [-0.1, -0.05) is 27.7 Å². The largest absolute Gasteiger partial charge is 0.478 e. The van der Waals surface area contributed by atoms with Gasteiger partial charge in [-0.3, -0.25) is 0 Å². The summed E-state index contributed by atoms with van der Waals surface area (Å²) in [6.45, 7) is 8.88. The van der Waals surface area contributed by atoms with Crippen LogP contribution in [0.3, 0.4) is 0 Å². The minimum absolute atomic E-state index is 0.107. The summed E-state index contributed by atoms with van der Waals surface area (Å²) in [6, 6.07) is 0. The van der Waals surface area contributed by atoms with Gasteiger partial charge in [0.1, 0.15) is 0 Å². The molecule has 1 aromatic rings. The minimum Gasteiger partial charge on any atom is -0.478 e. The number of carboxylic acids is 1. The van der Waals surface area contributed by atoms with Gasteiger partial charge >= 0.3 is 5.97 Å². The number of aromatic carboxylic acids is 1. The van der Waals surface area contributed by atoms with Crippen LogP contribution in [0.25, 0.3) is 0 Å². The molecule has 3 heteroatoms. The van der Waals surface area contributed by atoms with E-state index in [1.165, 1.54) is 4.88 Å². The van der Waals surface area contributed by atoms with Gasteiger partial charge in [0.25, 0.3) is 0 Å².